The third-order valence-electron chi connectivity index (χ3n) is 3.48. The molecular weight excluding hydrogens is 148 g/mol. The second-order valence-electron chi connectivity index (χ2n) is 4.85. The van der Waals surface area contributed by atoms with E-state index in [1.54, 1.807) is 0 Å². The van der Waals surface area contributed by atoms with Crippen molar-refractivity contribution in [3.05, 3.63) is 0 Å². The number of hydrogen-bond donors (Lipinski definition) is 2. The Labute approximate surface area is 75.1 Å². The zero-order valence-electron chi connectivity index (χ0n) is 8.19. The minimum absolute atomic E-state index is 0.380. The first-order chi connectivity index (χ1) is 5.68. The van der Waals surface area contributed by atoms with Crippen LogP contribution in [0.2, 0.25) is 0 Å². The van der Waals surface area contributed by atoms with Crippen LogP contribution in [0, 0.1) is 5.92 Å². The fourth-order valence-electron chi connectivity index (χ4n) is 2.16. The molecule has 2 nitrogen and oxygen atoms in total. The van der Waals surface area contributed by atoms with Gasteiger partial charge in [-0.1, -0.05) is 6.42 Å². The molecule has 2 rings (SSSR count). The Kier molecular flexibility index (Phi) is 2.13. The van der Waals surface area contributed by atoms with Gasteiger partial charge in [0.2, 0.25) is 0 Å². The molecule has 2 fully saturated rings. The maximum atomic E-state index is 3.73. The first-order valence-corrected chi connectivity index (χ1v) is 5.17. The standard InChI is InChI=1S/C10H20N2/c1-10(2,8-4-3-5-8)12-9-6-11-7-9/h8-9,11-12H,3-7H2,1-2H3. The van der Waals surface area contributed by atoms with Gasteiger partial charge in [-0.05, 0) is 32.6 Å². The summed E-state index contributed by atoms with van der Waals surface area (Å²) in [7, 11) is 0. The van der Waals surface area contributed by atoms with Crippen LogP contribution in [0.25, 0.3) is 0 Å². The smallest absolute Gasteiger partial charge is 0.0322 e. The van der Waals surface area contributed by atoms with Crippen LogP contribution in [0.4, 0.5) is 0 Å². The molecule has 0 aromatic carbocycles. The van der Waals surface area contributed by atoms with Crippen molar-refractivity contribution in [1.29, 1.82) is 0 Å². The molecule has 0 unspecified atom stereocenters. The summed E-state index contributed by atoms with van der Waals surface area (Å²) >= 11 is 0. The molecule has 1 aliphatic heterocycles. The van der Waals surface area contributed by atoms with Crippen molar-refractivity contribution in [3.8, 4) is 0 Å². The van der Waals surface area contributed by atoms with Crippen molar-refractivity contribution in [3.63, 3.8) is 0 Å². The lowest BCUT2D eigenvalue weighted by atomic mass is 9.72. The van der Waals surface area contributed by atoms with Crippen LogP contribution in [0.15, 0.2) is 0 Å². The summed E-state index contributed by atoms with van der Waals surface area (Å²) in [5.74, 6) is 0.929. The summed E-state index contributed by atoms with van der Waals surface area (Å²) in [6.07, 6.45) is 4.30. The largest absolute Gasteiger partial charge is 0.314 e. The Bertz CT molecular complexity index is 157. The molecule has 12 heavy (non-hydrogen) atoms. The fourth-order valence-corrected chi connectivity index (χ4v) is 2.16. The Morgan fingerprint density at radius 1 is 1.25 bits per heavy atom. The lowest BCUT2D eigenvalue weighted by Gasteiger charge is -2.45. The van der Waals surface area contributed by atoms with E-state index in [1.807, 2.05) is 0 Å². The van der Waals surface area contributed by atoms with E-state index in [2.05, 4.69) is 24.5 Å². The minimum atomic E-state index is 0.380. The molecule has 0 amide bonds. The Morgan fingerprint density at radius 3 is 2.25 bits per heavy atom. The molecular formula is C10H20N2. The predicted octanol–water partition coefficient (Wildman–Crippen LogP) is 1.13. The monoisotopic (exact) mass is 168 g/mol. The van der Waals surface area contributed by atoms with Gasteiger partial charge in [0.15, 0.2) is 0 Å². The topological polar surface area (TPSA) is 24.1 Å². The molecule has 0 aromatic heterocycles. The fraction of sp³-hybridized carbons (Fsp3) is 1.00. The summed E-state index contributed by atoms with van der Waals surface area (Å²) in [4.78, 5) is 0. The molecule has 1 saturated heterocycles. The third-order valence-corrected chi connectivity index (χ3v) is 3.48. The van der Waals surface area contributed by atoms with Crippen LogP contribution in [-0.4, -0.2) is 24.7 Å². The Balaban J connectivity index is 1.81. The van der Waals surface area contributed by atoms with Crippen molar-refractivity contribution < 1.29 is 0 Å². The molecule has 2 N–H and O–H groups in total. The maximum absolute atomic E-state index is 3.73. The highest BCUT2D eigenvalue weighted by molar-refractivity contribution is 4.96. The Hall–Kier alpha value is -0.0800. The summed E-state index contributed by atoms with van der Waals surface area (Å²) in [5, 5.41) is 7.03. The van der Waals surface area contributed by atoms with Gasteiger partial charge in [-0.2, -0.15) is 0 Å². The predicted molar refractivity (Wildman–Crippen MR) is 51.2 cm³/mol. The first-order valence-electron chi connectivity index (χ1n) is 5.17. The summed E-state index contributed by atoms with van der Waals surface area (Å²) in [6, 6.07) is 0.737. The van der Waals surface area contributed by atoms with Crippen LogP contribution in [0.5, 0.6) is 0 Å². The highest BCUT2D eigenvalue weighted by Gasteiger charge is 2.36. The van der Waals surface area contributed by atoms with Gasteiger partial charge in [-0.15, -0.1) is 0 Å². The quantitative estimate of drug-likeness (QED) is 0.660. The van der Waals surface area contributed by atoms with Crippen molar-refractivity contribution in [2.75, 3.05) is 13.1 Å². The highest BCUT2D eigenvalue weighted by atomic mass is 15.1. The van der Waals surface area contributed by atoms with E-state index in [9.17, 15) is 0 Å². The number of rotatable bonds is 3. The van der Waals surface area contributed by atoms with Gasteiger partial charge in [0.1, 0.15) is 0 Å². The van der Waals surface area contributed by atoms with Gasteiger partial charge in [-0.3, -0.25) is 0 Å². The zero-order chi connectivity index (χ0) is 8.60. The van der Waals surface area contributed by atoms with Gasteiger partial charge < -0.3 is 10.6 Å². The molecule has 0 radical (unpaired) electrons. The lowest BCUT2D eigenvalue weighted by Crippen LogP contribution is -2.63. The molecule has 0 bridgehead atoms. The molecule has 0 atom stereocenters. The van der Waals surface area contributed by atoms with Crippen molar-refractivity contribution in [2.24, 2.45) is 5.92 Å². The van der Waals surface area contributed by atoms with Crippen LogP contribution in [0.1, 0.15) is 33.1 Å². The minimum Gasteiger partial charge on any atom is -0.314 e. The van der Waals surface area contributed by atoms with E-state index in [0.29, 0.717) is 5.54 Å². The zero-order valence-corrected chi connectivity index (χ0v) is 8.19. The Morgan fingerprint density at radius 2 is 1.92 bits per heavy atom. The first kappa shape index (κ1) is 8.52. The van der Waals surface area contributed by atoms with E-state index in [-0.39, 0.29) is 0 Å². The molecule has 70 valence electrons. The molecule has 1 aliphatic carbocycles. The summed E-state index contributed by atoms with van der Waals surface area (Å²) in [5.41, 5.74) is 0.380. The number of nitrogens with one attached hydrogen (secondary N) is 2. The van der Waals surface area contributed by atoms with Gasteiger partial charge in [0.25, 0.3) is 0 Å². The molecule has 1 saturated carbocycles. The normalized spacial score (nSPS) is 26.5. The van der Waals surface area contributed by atoms with E-state index in [1.165, 1.54) is 19.3 Å². The van der Waals surface area contributed by atoms with E-state index in [4.69, 9.17) is 0 Å². The van der Waals surface area contributed by atoms with Gasteiger partial charge in [0, 0.05) is 24.7 Å². The third kappa shape index (κ3) is 1.50. The van der Waals surface area contributed by atoms with Gasteiger partial charge >= 0.3 is 0 Å². The SMILES string of the molecule is CC(C)(NC1CNC1)C1CCC1. The second-order valence-corrected chi connectivity index (χ2v) is 4.85. The number of hydrogen-bond acceptors (Lipinski definition) is 2. The van der Waals surface area contributed by atoms with Crippen LogP contribution in [0.3, 0.4) is 0 Å². The molecule has 0 spiro atoms. The second kappa shape index (κ2) is 3.00. The summed E-state index contributed by atoms with van der Waals surface area (Å²) in [6.45, 7) is 7.04. The average molecular weight is 168 g/mol. The molecule has 0 aromatic rings. The van der Waals surface area contributed by atoms with Crippen LogP contribution < -0.4 is 10.6 Å². The van der Waals surface area contributed by atoms with Gasteiger partial charge in [0.05, 0.1) is 0 Å². The summed E-state index contributed by atoms with van der Waals surface area (Å²) < 4.78 is 0. The van der Waals surface area contributed by atoms with E-state index in [0.717, 1.165) is 25.0 Å². The average Bonchev–Trinajstić information content (AvgIpc) is 1.73. The van der Waals surface area contributed by atoms with E-state index < -0.39 is 0 Å². The van der Waals surface area contributed by atoms with Crippen molar-refractivity contribution in [2.45, 2.75) is 44.7 Å². The van der Waals surface area contributed by atoms with E-state index >= 15 is 0 Å². The highest BCUT2D eigenvalue weighted by Crippen LogP contribution is 2.36. The van der Waals surface area contributed by atoms with Crippen LogP contribution in [-0.2, 0) is 0 Å². The molecule has 2 aliphatic rings. The molecule has 1 heterocycles. The van der Waals surface area contributed by atoms with Crippen molar-refractivity contribution >= 4 is 0 Å². The van der Waals surface area contributed by atoms with Crippen LogP contribution >= 0.6 is 0 Å². The maximum Gasteiger partial charge on any atom is 0.0322 e. The molecule has 2 heteroatoms. The lowest BCUT2D eigenvalue weighted by molar-refractivity contribution is 0.131. The van der Waals surface area contributed by atoms with Crippen molar-refractivity contribution in [1.82, 2.24) is 10.6 Å². The van der Waals surface area contributed by atoms with Gasteiger partial charge in [-0.25, -0.2) is 0 Å².